The molecule has 1 aromatic carbocycles. The van der Waals surface area contributed by atoms with Gasteiger partial charge in [0.05, 0.1) is 12.7 Å². The molecular weight excluding hydrogens is 221 g/mol. The molecule has 1 rings (SSSR count). The second kappa shape index (κ2) is 5.47. The number of ether oxygens (including phenoxy) is 1. The molecule has 0 aliphatic carbocycles. The first kappa shape index (κ1) is 13.9. The van der Waals surface area contributed by atoms with Crippen molar-refractivity contribution >= 4 is 0 Å². The number of halogens is 1. The Balaban J connectivity index is 2.62. The molecule has 0 spiro atoms. The highest BCUT2D eigenvalue weighted by Crippen LogP contribution is 2.19. The Hall–Kier alpha value is -1.13. The van der Waals surface area contributed by atoms with Crippen molar-refractivity contribution in [3.8, 4) is 5.75 Å². The van der Waals surface area contributed by atoms with Gasteiger partial charge in [0, 0.05) is 12.0 Å². The fourth-order valence-electron chi connectivity index (χ4n) is 1.69. The number of hydrogen-bond acceptors (Lipinski definition) is 3. The molecule has 0 aromatic heterocycles. The van der Waals surface area contributed by atoms with Crippen molar-refractivity contribution in [2.24, 2.45) is 5.73 Å². The lowest BCUT2D eigenvalue weighted by atomic mass is 9.97. The smallest absolute Gasteiger partial charge is 0.126 e. The molecule has 4 heteroatoms. The summed E-state index contributed by atoms with van der Waals surface area (Å²) in [4.78, 5) is 0. The van der Waals surface area contributed by atoms with Crippen LogP contribution in [0.2, 0.25) is 0 Å². The van der Waals surface area contributed by atoms with Gasteiger partial charge in [-0.05, 0) is 44.5 Å². The van der Waals surface area contributed by atoms with E-state index >= 15 is 0 Å². The molecule has 17 heavy (non-hydrogen) atoms. The second-order valence-electron chi connectivity index (χ2n) is 4.86. The van der Waals surface area contributed by atoms with Gasteiger partial charge in [0.15, 0.2) is 0 Å². The van der Waals surface area contributed by atoms with E-state index in [0.717, 1.165) is 0 Å². The molecule has 3 N–H and O–H groups in total. The SMILES string of the molecule is Cc1cc(OC(C)CC(C)(N)CO)ccc1F. The number of aliphatic hydroxyl groups excluding tert-OH is 1. The molecule has 0 amide bonds. The number of aryl methyl sites for hydroxylation is 1. The molecule has 0 saturated heterocycles. The van der Waals surface area contributed by atoms with Crippen molar-refractivity contribution in [2.75, 3.05) is 6.61 Å². The van der Waals surface area contributed by atoms with Crippen LogP contribution >= 0.6 is 0 Å². The van der Waals surface area contributed by atoms with E-state index in [1.54, 1.807) is 26.0 Å². The zero-order valence-corrected chi connectivity index (χ0v) is 10.5. The fraction of sp³-hybridized carbons (Fsp3) is 0.538. The molecule has 1 aromatic rings. The number of aliphatic hydroxyl groups is 1. The van der Waals surface area contributed by atoms with E-state index in [-0.39, 0.29) is 18.5 Å². The molecular formula is C13H20FNO2. The third-order valence-corrected chi connectivity index (χ3v) is 2.58. The molecule has 0 bridgehead atoms. The highest BCUT2D eigenvalue weighted by Gasteiger charge is 2.21. The zero-order chi connectivity index (χ0) is 13.1. The first-order valence-corrected chi connectivity index (χ1v) is 5.66. The minimum absolute atomic E-state index is 0.0941. The third-order valence-electron chi connectivity index (χ3n) is 2.58. The maximum Gasteiger partial charge on any atom is 0.126 e. The molecule has 0 saturated carbocycles. The summed E-state index contributed by atoms with van der Waals surface area (Å²) in [6.07, 6.45) is 0.391. The van der Waals surface area contributed by atoms with Crippen LogP contribution in [0, 0.1) is 12.7 Å². The van der Waals surface area contributed by atoms with E-state index in [2.05, 4.69) is 0 Å². The Morgan fingerprint density at radius 2 is 2.18 bits per heavy atom. The first-order chi connectivity index (χ1) is 7.84. The van der Waals surface area contributed by atoms with Gasteiger partial charge in [-0.2, -0.15) is 0 Å². The molecule has 0 fully saturated rings. The lowest BCUT2D eigenvalue weighted by Gasteiger charge is -2.26. The van der Waals surface area contributed by atoms with Gasteiger partial charge in [0.2, 0.25) is 0 Å². The molecule has 96 valence electrons. The van der Waals surface area contributed by atoms with E-state index in [1.807, 2.05) is 6.92 Å². The first-order valence-electron chi connectivity index (χ1n) is 5.66. The number of nitrogens with two attached hydrogens (primary N) is 1. The van der Waals surface area contributed by atoms with Gasteiger partial charge in [-0.15, -0.1) is 0 Å². The number of rotatable bonds is 5. The summed E-state index contributed by atoms with van der Waals surface area (Å²) < 4.78 is 18.7. The van der Waals surface area contributed by atoms with E-state index in [4.69, 9.17) is 15.6 Å². The maximum atomic E-state index is 13.1. The van der Waals surface area contributed by atoms with Crippen LogP contribution in [-0.4, -0.2) is 23.4 Å². The standard InChI is InChI=1S/C13H20FNO2/c1-9-6-11(4-5-12(9)14)17-10(2)7-13(3,15)8-16/h4-6,10,16H,7-8,15H2,1-3H3. The van der Waals surface area contributed by atoms with Crippen molar-refractivity contribution < 1.29 is 14.2 Å². The van der Waals surface area contributed by atoms with Crippen LogP contribution in [-0.2, 0) is 0 Å². The summed E-state index contributed by atoms with van der Waals surface area (Å²) in [5.41, 5.74) is 5.72. The fourth-order valence-corrected chi connectivity index (χ4v) is 1.69. The largest absolute Gasteiger partial charge is 0.491 e. The van der Waals surface area contributed by atoms with Crippen LogP contribution in [0.4, 0.5) is 4.39 Å². The summed E-state index contributed by atoms with van der Waals surface area (Å²) in [6, 6.07) is 4.62. The van der Waals surface area contributed by atoms with Crippen molar-refractivity contribution in [3.05, 3.63) is 29.6 Å². The van der Waals surface area contributed by atoms with Gasteiger partial charge < -0.3 is 15.6 Å². The zero-order valence-electron chi connectivity index (χ0n) is 10.5. The van der Waals surface area contributed by atoms with Crippen LogP contribution in [0.3, 0.4) is 0 Å². The summed E-state index contributed by atoms with van der Waals surface area (Å²) >= 11 is 0. The van der Waals surface area contributed by atoms with E-state index in [0.29, 0.717) is 17.7 Å². The normalized spacial score (nSPS) is 16.4. The lowest BCUT2D eigenvalue weighted by Crippen LogP contribution is -2.43. The summed E-state index contributed by atoms with van der Waals surface area (Å²) in [6.45, 7) is 5.24. The molecule has 0 radical (unpaired) electrons. The summed E-state index contributed by atoms with van der Waals surface area (Å²) in [5.74, 6) is 0.370. The van der Waals surface area contributed by atoms with Crippen LogP contribution in [0.15, 0.2) is 18.2 Å². The number of hydrogen-bond donors (Lipinski definition) is 2. The van der Waals surface area contributed by atoms with E-state index < -0.39 is 5.54 Å². The Bertz CT molecular complexity index is 380. The summed E-state index contributed by atoms with van der Waals surface area (Å²) in [7, 11) is 0. The minimum Gasteiger partial charge on any atom is -0.491 e. The van der Waals surface area contributed by atoms with Crippen molar-refractivity contribution in [2.45, 2.75) is 38.8 Å². The monoisotopic (exact) mass is 241 g/mol. The predicted octanol–water partition coefficient (Wildman–Crippen LogP) is 2.00. The highest BCUT2D eigenvalue weighted by molar-refractivity contribution is 5.29. The number of benzene rings is 1. The van der Waals surface area contributed by atoms with Crippen molar-refractivity contribution in [3.63, 3.8) is 0 Å². The minimum atomic E-state index is -0.658. The van der Waals surface area contributed by atoms with Gasteiger partial charge in [-0.3, -0.25) is 0 Å². The van der Waals surface area contributed by atoms with Gasteiger partial charge in [-0.25, -0.2) is 4.39 Å². The molecule has 3 nitrogen and oxygen atoms in total. The average Bonchev–Trinajstić information content (AvgIpc) is 2.23. The maximum absolute atomic E-state index is 13.1. The Morgan fingerprint density at radius 1 is 1.53 bits per heavy atom. The van der Waals surface area contributed by atoms with E-state index in [9.17, 15) is 4.39 Å². The van der Waals surface area contributed by atoms with Crippen LogP contribution in [0.25, 0.3) is 0 Å². The van der Waals surface area contributed by atoms with Crippen molar-refractivity contribution in [1.29, 1.82) is 0 Å². The van der Waals surface area contributed by atoms with E-state index in [1.165, 1.54) is 6.07 Å². The van der Waals surface area contributed by atoms with Gasteiger partial charge in [0.25, 0.3) is 0 Å². The molecule has 2 atom stereocenters. The second-order valence-corrected chi connectivity index (χ2v) is 4.86. The van der Waals surface area contributed by atoms with Gasteiger partial charge in [-0.1, -0.05) is 0 Å². The van der Waals surface area contributed by atoms with Crippen molar-refractivity contribution in [1.82, 2.24) is 0 Å². The molecule has 2 unspecified atom stereocenters. The van der Waals surface area contributed by atoms with Crippen LogP contribution < -0.4 is 10.5 Å². The van der Waals surface area contributed by atoms with Crippen LogP contribution in [0.1, 0.15) is 25.8 Å². The lowest BCUT2D eigenvalue weighted by molar-refractivity contribution is 0.133. The summed E-state index contributed by atoms with van der Waals surface area (Å²) in [5, 5.41) is 9.06. The highest BCUT2D eigenvalue weighted by atomic mass is 19.1. The van der Waals surface area contributed by atoms with Gasteiger partial charge in [0.1, 0.15) is 11.6 Å². The Labute approximate surface area is 101 Å². The topological polar surface area (TPSA) is 55.5 Å². The van der Waals surface area contributed by atoms with Crippen LogP contribution in [0.5, 0.6) is 5.75 Å². The Kier molecular flexibility index (Phi) is 4.48. The third kappa shape index (κ3) is 4.32. The quantitative estimate of drug-likeness (QED) is 0.829. The predicted molar refractivity (Wildman–Crippen MR) is 65.5 cm³/mol. The average molecular weight is 241 g/mol. The molecule has 0 aliphatic heterocycles. The molecule has 0 aliphatic rings. The van der Waals surface area contributed by atoms with Gasteiger partial charge >= 0.3 is 0 Å². The Morgan fingerprint density at radius 3 is 2.71 bits per heavy atom. The molecule has 0 heterocycles.